The van der Waals surface area contributed by atoms with Gasteiger partial charge in [0.25, 0.3) is 5.91 Å². The minimum atomic E-state index is -4.66. The Hall–Kier alpha value is -3.05. The zero-order valence-electron chi connectivity index (χ0n) is 16.2. The summed E-state index contributed by atoms with van der Waals surface area (Å²) in [5, 5.41) is 2.32. The van der Waals surface area contributed by atoms with E-state index in [2.05, 4.69) is 20.3 Å². The van der Waals surface area contributed by atoms with Crippen LogP contribution < -0.4 is 5.32 Å². The fraction of sp³-hybridized carbons (Fsp3) is 0.211. The standard InChI is InChI=1S/C19H15ClF3N5O2S/c1-10-15(31-17(26-10)16-24-6-3-7-25-16)18(30)28(2)9-14(29)27-11-4-5-13(20)12(8-11)19(21,22)23/h3-8H,9H2,1-2H3,(H,27,29). The topological polar surface area (TPSA) is 88.1 Å². The highest BCUT2D eigenvalue weighted by Gasteiger charge is 2.33. The number of aromatic nitrogens is 3. The molecule has 0 saturated carbocycles. The van der Waals surface area contributed by atoms with Crippen LogP contribution in [-0.4, -0.2) is 45.3 Å². The van der Waals surface area contributed by atoms with Crippen molar-refractivity contribution in [1.82, 2.24) is 19.9 Å². The van der Waals surface area contributed by atoms with Crippen molar-refractivity contribution in [2.24, 2.45) is 0 Å². The second-order valence-electron chi connectivity index (χ2n) is 6.41. The number of carbonyl (C=O) groups is 2. The third-order valence-corrected chi connectivity index (χ3v) is 5.50. The van der Waals surface area contributed by atoms with Crippen molar-refractivity contribution in [3.8, 4) is 10.8 Å². The van der Waals surface area contributed by atoms with Crippen molar-refractivity contribution in [2.45, 2.75) is 13.1 Å². The van der Waals surface area contributed by atoms with Gasteiger partial charge in [0.1, 0.15) is 4.88 Å². The quantitative estimate of drug-likeness (QED) is 0.602. The molecule has 0 aliphatic carbocycles. The lowest BCUT2D eigenvalue weighted by molar-refractivity contribution is -0.137. The monoisotopic (exact) mass is 469 g/mol. The molecule has 2 heterocycles. The molecule has 31 heavy (non-hydrogen) atoms. The van der Waals surface area contributed by atoms with E-state index in [1.54, 1.807) is 25.4 Å². The predicted molar refractivity (Wildman–Crippen MR) is 110 cm³/mol. The molecule has 3 rings (SSSR count). The lowest BCUT2D eigenvalue weighted by Crippen LogP contribution is -2.34. The van der Waals surface area contributed by atoms with E-state index in [1.165, 1.54) is 13.1 Å². The SMILES string of the molecule is Cc1nc(-c2ncccn2)sc1C(=O)N(C)CC(=O)Nc1ccc(Cl)c(C(F)(F)F)c1. The number of amides is 2. The van der Waals surface area contributed by atoms with Crippen LogP contribution in [0.3, 0.4) is 0 Å². The van der Waals surface area contributed by atoms with Crippen LogP contribution in [0.4, 0.5) is 18.9 Å². The van der Waals surface area contributed by atoms with Gasteiger partial charge in [-0.2, -0.15) is 13.2 Å². The maximum absolute atomic E-state index is 13.0. The Bertz CT molecular complexity index is 1120. The number of aryl methyl sites for hydroxylation is 1. The molecule has 0 fully saturated rings. The second-order valence-corrected chi connectivity index (χ2v) is 7.81. The van der Waals surface area contributed by atoms with Gasteiger partial charge in [0.05, 0.1) is 22.8 Å². The summed E-state index contributed by atoms with van der Waals surface area (Å²) in [7, 11) is 1.41. The Labute approximate surface area is 183 Å². The van der Waals surface area contributed by atoms with E-state index in [9.17, 15) is 22.8 Å². The summed E-state index contributed by atoms with van der Waals surface area (Å²) in [6, 6.07) is 4.68. The van der Waals surface area contributed by atoms with Crippen LogP contribution in [0, 0.1) is 6.92 Å². The number of hydrogen-bond acceptors (Lipinski definition) is 6. The summed E-state index contributed by atoms with van der Waals surface area (Å²) in [5.74, 6) is -0.752. The number of carbonyl (C=O) groups excluding carboxylic acids is 2. The zero-order valence-corrected chi connectivity index (χ0v) is 17.8. The largest absolute Gasteiger partial charge is 0.417 e. The molecule has 2 amide bonds. The molecule has 0 saturated heterocycles. The first-order chi connectivity index (χ1) is 14.6. The molecule has 2 aromatic heterocycles. The average molecular weight is 470 g/mol. The number of anilines is 1. The van der Waals surface area contributed by atoms with Crippen LogP contribution in [0.15, 0.2) is 36.7 Å². The number of nitrogens with one attached hydrogen (secondary N) is 1. The van der Waals surface area contributed by atoms with Crippen LogP contribution in [0.25, 0.3) is 10.8 Å². The van der Waals surface area contributed by atoms with Crippen LogP contribution in [0.2, 0.25) is 5.02 Å². The summed E-state index contributed by atoms with van der Waals surface area (Å²) in [5.41, 5.74) is -0.690. The molecule has 0 radical (unpaired) electrons. The van der Waals surface area contributed by atoms with Gasteiger partial charge in [0, 0.05) is 25.1 Å². The van der Waals surface area contributed by atoms with Crippen molar-refractivity contribution < 1.29 is 22.8 Å². The van der Waals surface area contributed by atoms with Gasteiger partial charge in [0.2, 0.25) is 5.91 Å². The maximum Gasteiger partial charge on any atom is 0.417 e. The maximum atomic E-state index is 13.0. The number of likely N-dealkylation sites (N-methyl/N-ethyl adjacent to an activating group) is 1. The van der Waals surface area contributed by atoms with Crippen molar-refractivity contribution in [3.63, 3.8) is 0 Å². The Morgan fingerprint density at radius 1 is 1.23 bits per heavy atom. The first kappa shape index (κ1) is 22.6. The molecular weight excluding hydrogens is 455 g/mol. The van der Waals surface area contributed by atoms with Crippen LogP contribution in [-0.2, 0) is 11.0 Å². The Morgan fingerprint density at radius 2 is 1.90 bits per heavy atom. The number of thiazole rings is 1. The minimum Gasteiger partial charge on any atom is -0.332 e. The van der Waals surface area contributed by atoms with Gasteiger partial charge in [-0.3, -0.25) is 9.59 Å². The molecule has 1 N–H and O–H groups in total. The highest BCUT2D eigenvalue weighted by atomic mass is 35.5. The highest BCUT2D eigenvalue weighted by molar-refractivity contribution is 7.17. The lowest BCUT2D eigenvalue weighted by Gasteiger charge is -2.17. The Morgan fingerprint density at radius 3 is 2.55 bits per heavy atom. The number of nitrogens with zero attached hydrogens (tertiary/aromatic N) is 4. The molecule has 0 aliphatic rings. The molecule has 0 aliphatic heterocycles. The molecule has 7 nitrogen and oxygen atoms in total. The fourth-order valence-corrected chi connectivity index (χ4v) is 3.82. The molecule has 0 bridgehead atoms. The van der Waals surface area contributed by atoms with E-state index in [-0.39, 0.29) is 12.2 Å². The summed E-state index contributed by atoms with van der Waals surface area (Å²) in [6.07, 6.45) is -1.55. The van der Waals surface area contributed by atoms with Crippen molar-refractivity contribution in [3.05, 3.63) is 57.8 Å². The fourth-order valence-electron chi connectivity index (χ4n) is 2.58. The van der Waals surface area contributed by atoms with E-state index in [0.717, 1.165) is 28.4 Å². The number of halogens is 4. The zero-order chi connectivity index (χ0) is 22.8. The summed E-state index contributed by atoms with van der Waals surface area (Å²) >= 11 is 6.66. The van der Waals surface area contributed by atoms with Gasteiger partial charge in [-0.05, 0) is 31.2 Å². The number of hydrogen-bond donors (Lipinski definition) is 1. The van der Waals surface area contributed by atoms with Gasteiger partial charge in [-0.1, -0.05) is 11.6 Å². The second kappa shape index (κ2) is 8.98. The Kier molecular flexibility index (Phi) is 6.56. The summed E-state index contributed by atoms with van der Waals surface area (Å²) in [6.45, 7) is 1.27. The van der Waals surface area contributed by atoms with Gasteiger partial charge in [-0.15, -0.1) is 11.3 Å². The van der Waals surface area contributed by atoms with Gasteiger partial charge in [0.15, 0.2) is 10.8 Å². The molecule has 0 atom stereocenters. The molecule has 0 unspecified atom stereocenters. The Balaban J connectivity index is 1.69. The van der Waals surface area contributed by atoms with Gasteiger partial charge < -0.3 is 10.2 Å². The van der Waals surface area contributed by atoms with E-state index in [4.69, 9.17) is 11.6 Å². The number of rotatable bonds is 5. The van der Waals surface area contributed by atoms with E-state index in [0.29, 0.717) is 21.4 Å². The first-order valence-electron chi connectivity index (χ1n) is 8.73. The third-order valence-electron chi connectivity index (χ3n) is 4.03. The normalized spacial score (nSPS) is 11.3. The highest BCUT2D eigenvalue weighted by Crippen LogP contribution is 2.36. The van der Waals surface area contributed by atoms with E-state index >= 15 is 0 Å². The number of alkyl halides is 3. The van der Waals surface area contributed by atoms with E-state index < -0.39 is 28.6 Å². The molecule has 0 spiro atoms. The minimum absolute atomic E-state index is 0.0833. The van der Waals surface area contributed by atoms with Gasteiger partial charge >= 0.3 is 6.18 Å². The first-order valence-corrected chi connectivity index (χ1v) is 9.92. The smallest absolute Gasteiger partial charge is 0.332 e. The van der Waals surface area contributed by atoms with Crippen LogP contribution in [0.5, 0.6) is 0 Å². The summed E-state index contributed by atoms with van der Waals surface area (Å²) < 4.78 is 38.9. The van der Waals surface area contributed by atoms with Gasteiger partial charge in [-0.25, -0.2) is 15.0 Å². The van der Waals surface area contributed by atoms with Crippen molar-refractivity contribution >= 4 is 40.4 Å². The molecule has 12 heteroatoms. The summed E-state index contributed by atoms with van der Waals surface area (Å²) in [4.78, 5) is 38.9. The lowest BCUT2D eigenvalue weighted by atomic mass is 10.2. The van der Waals surface area contributed by atoms with Crippen molar-refractivity contribution in [1.29, 1.82) is 0 Å². The van der Waals surface area contributed by atoms with Crippen LogP contribution in [0.1, 0.15) is 20.9 Å². The third kappa shape index (κ3) is 5.36. The predicted octanol–water partition coefficient (Wildman–Crippen LogP) is 4.29. The van der Waals surface area contributed by atoms with E-state index in [1.807, 2.05) is 0 Å². The number of benzene rings is 1. The molecule has 162 valence electrons. The molecular formula is C19H15ClF3N5O2S. The van der Waals surface area contributed by atoms with Crippen LogP contribution >= 0.6 is 22.9 Å². The molecule has 3 aromatic rings. The average Bonchev–Trinajstić information content (AvgIpc) is 3.10. The molecule has 1 aromatic carbocycles. The van der Waals surface area contributed by atoms with Crippen molar-refractivity contribution in [2.75, 3.05) is 18.9 Å².